The van der Waals surface area contributed by atoms with Gasteiger partial charge in [-0.05, 0) is 54.3 Å². The number of H-pyrrole nitrogens is 1. The van der Waals surface area contributed by atoms with Gasteiger partial charge in [-0.2, -0.15) is 13.2 Å². The highest BCUT2D eigenvalue weighted by Crippen LogP contribution is 2.29. The zero-order valence-electron chi connectivity index (χ0n) is 22.6. The second-order valence-corrected chi connectivity index (χ2v) is 10.1. The Kier molecular flexibility index (Phi) is 10.1. The number of para-hydroxylation sites is 1. The molecule has 0 bridgehead atoms. The van der Waals surface area contributed by atoms with Gasteiger partial charge >= 0.3 is 6.18 Å². The zero-order chi connectivity index (χ0) is 29.4. The van der Waals surface area contributed by atoms with Gasteiger partial charge in [0.25, 0.3) is 5.91 Å². The van der Waals surface area contributed by atoms with E-state index < -0.39 is 11.7 Å². The number of amides is 2. The minimum atomic E-state index is -4.45. The van der Waals surface area contributed by atoms with Gasteiger partial charge in [0.15, 0.2) is 0 Å². The molecule has 0 saturated carbocycles. The molecule has 0 unspecified atom stereocenters. The molecule has 1 N–H and O–H groups in total. The smallest absolute Gasteiger partial charge is 0.385 e. The van der Waals surface area contributed by atoms with Crippen molar-refractivity contribution in [1.82, 2.24) is 14.8 Å². The van der Waals surface area contributed by atoms with Gasteiger partial charge in [-0.3, -0.25) is 9.59 Å². The van der Waals surface area contributed by atoms with Crippen LogP contribution in [0.15, 0.2) is 79.0 Å². The molecule has 1 aromatic heterocycles. The first kappa shape index (κ1) is 30.1. The molecule has 10 heteroatoms. The lowest BCUT2D eigenvalue weighted by atomic mass is 10.1. The first-order valence-corrected chi connectivity index (χ1v) is 13.6. The van der Waals surface area contributed by atoms with Crippen LogP contribution in [0.3, 0.4) is 0 Å². The number of benzene rings is 3. The van der Waals surface area contributed by atoms with E-state index >= 15 is 0 Å². The van der Waals surface area contributed by atoms with E-state index in [0.29, 0.717) is 31.6 Å². The molecule has 6 nitrogen and oxygen atoms in total. The Balaban J connectivity index is 1.57. The molecule has 4 rings (SSSR count). The van der Waals surface area contributed by atoms with E-state index in [0.717, 1.165) is 28.6 Å². The third-order valence-corrected chi connectivity index (χ3v) is 7.16. The van der Waals surface area contributed by atoms with E-state index in [9.17, 15) is 22.8 Å². The van der Waals surface area contributed by atoms with E-state index in [-0.39, 0.29) is 42.0 Å². The summed E-state index contributed by atoms with van der Waals surface area (Å²) in [6.45, 7) is 0.832. The number of halogens is 4. The molecule has 0 fully saturated rings. The number of alkyl halides is 3. The van der Waals surface area contributed by atoms with Crippen LogP contribution in [0.1, 0.15) is 33.5 Å². The molecule has 2 amide bonds. The van der Waals surface area contributed by atoms with Crippen LogP contribution in [0.2, 0.25) is 5.02 Å². The third kappa shape index (κ3) is 7.89. The number of nitrogens with zero attached hydrogens (tertiary/aromatic N) is 2. The highest BCUT2D eigenvalue weighted by molar-refractivity contribution is 6.33. The number of aromatic amines is 1. The molecular weight excluding hydrogens is 555 g/mol. The first-order chi connectivity index (χ1) is 19.7. The molecule has 216 valence electrons. The minimum Gasteiger partial charge on any atom is -0.385 e. The highest BCUT2D eigenvalue weighted by atomic mass is 35.5. The summed E-state index contributed by atoms with van der Waals surface area (Å²) in [7, 11) is 1.56. The summed E-state index contributed by atoms with van der Waals surface area (Å²) < 4.78 is 44.5. The van der Waals surface area contributed by atoms with Crippen molar-refractivity contribution < 1.29 is 27.5 Å². The lowest BCUT2D eigenvalue weighted by Crippen LogP contribution is -2.44. The Morgan fingerprint density at radius 1 is 0.927 bits per heavy atom. The maximum atomic E-state index is 13.7. The lowest BCUT2D eigenvalue weighted by molar-refractivity contribution is -0.137. The molecule has 0 saturated heterocycles. The number of ether oxygens (including phenoxy) is 1. The maximum Gasteiger partial charge on any atom is 0.416 e. The topological polar surface area (TPSA) is 65.6 Å². The van der Waals surface area contributed by atoms with E-state index in [1.54, 1.807) is 36.3 Å². The average Bonchev–Trinajstić information content (AvgIpc) is 3.37. The van der Waals surface area contributed by atoms with Crippen LogP contribution in [-0.2, 0) is 28.7 Å². The molecular formula is C31H31ClF3N3O3. The number of fused-ring (bicyclic) bond motifs is 1. The molecule has 0 radical (unpaired) electrons. The van der Waals surface area contributed by atoms with E-state index in [1.165, 1.54) is 17.0 Å². The molecule has 0 atom stereocenters. The summed E-state index contributed by atoms with van der Waals surface area (Å²) in [5, 5.41) is 1.31. The predicted octanol–water partition coefficient (Wildman–Crippen LogP) is 6.59. The largest absolute Gasteiger partial charge is 0.416 e. The quantitative estimate of drug-likeness (QED) is 0.191. The number of rotatable bonds is 12. The SMILES string of the molecule is COCCCN(CC(=O)N(CCc1c[nH]c2ccccc12)Cc1ccc(C(F)(F)F)cc1)C(=O)c1ccccc1Cl. The Morgan fingerprint density at radius 2 is 1.63 bits per heavy atom. The first-order valence-electron chi connectivity index (χ1n) is 13.2. The normalized spacial score (nSPS) is 11.5. The van der Waals surface area contributed by atoms with Gasteiger partial charge in [0.1, 0.15) is 6.54 Å². The predicted molar refractivity (Wildman–Crippen MR) is 153 cm³/mol. The summed E-state index contributed by atoms with van der Waals surface area (Å²) in [4.78, 5) is 33.4. The standard InChI is InChI=1S/C31H31ClF3N3O3/c1-41-18-6-16-38(30(40)26-8-2-4-9-27(26)32)21-29(39)37(20-22-11-13-24(14-12-22)31(33,34)35)17-15-23-19-36-28-10-5-3-7-25(23)28/h2-5,7-14,19,36H,6,15-18,20-21H2,1H3. The molecule has 41 heavy (non-hydrogen) atoms. The Labute approximate surface area is 241 Å². The van der Waals surface area contributed by atoms with Crippen LogP contribution in [0.25, 0.3) is 10.9 Å². The maximum absolute atomic E-state index is 13.7. The number of hydrogen-bond donors (Lipinski definition) is 1. The van der Waals surface area contributed by atoms with Gasteiger partial charge in [-0.25, -0.2) is 0 Å². The second-order valence-electron chi connectivity index (χ2n) is 9.67. The fraction of sp³-hybridized carbons (Fsp3) is 0.290. The third-order valence-electron chi connectivity index (χ3n) is 6.83. The van der Waals surface area contributed by atoms with Crippen molar-refractivity contribution in [2.24, 2.45) is 0 Å². The van der Waals surface area contributed by atoms with Crippen molar-refractivity contribution in [3.05, 3.63) is 106 Å². The highest BCUT2D eigenvalue weighted by Gasteiger charge is 2.30. The monoisotopic (exact) mass is 585 g/mol. The Bertz CT molecular complexity index is 1470. The molecule has 1 heterocycles. The van der Waals surface area contributed by atoms with Crippen LogP contribution >= 0.6 is 11.6 Å². The van der Waals surface area contributed by atoms with Crippen molar-refractivity contribution >= 4 is 34.3 Å². The molecule has 0 spiro atoms. The van der Waals surface area contributed by atoms with Gasteiger partial charge in [0, 0.05) is 50.5 Å². The summed E-state index contributed by atoms with van der Waals surface area (Å²) in [6, 6.07) is 19.2. The van der Waals surface area contributed by atoms with Crippen molar-refractivity contribution in [3.8, 4) is 0 Å². The average molecular weight is 586 g/mol. The number of aromatic nitrogens is 1. The second kappa shape index (κ2) is 13.7. The lowest BCUT2D eigenvalue weighted by Gasteiger charge is -2.28. The summed E-state index contributed by atoms with van der Waals surface area (Å²) in [5.41, 5.74) is 2.06. The van der Waals surface area contributed by atoms with Crippen LogP contribution < -0.4 is 0 Å². The fourth-order valence-corrected chi connectivity index (χ4v) is 4.84. The molecule has 4 aromatic rings. The van der Waals surface area contributed by atoms with Crippen LogP contribution in [0.4, 0.5) is 13.2 Å². The van der Waals surface area contributed by atoms with Crippen LogP contribution in [0.5, 0.6) is 0 Å². The Hall–Kier alpha value is -3.82. The minimum absolute atomic E-state index is 0.0888. The number of methoxy groups -OCH3 is 1. The van der Waals surface area contributed by atoms with Gasteiger partial charge < -0.3 is 19.5 Å². The number of carbonyl (C=O) groups is 2. The van der Waals surface area contributed by atoms with Gasteiger partial charge in [-0.1, -0.05) is 54.1 Å². The van der Waals surface area contributed by atoms with Gasteiger partial charge in [-0.15, -0.1) is 0 Å². The summed E-state index contributed by atoms with van der Waals surface area (Å²) >= 11 is 6.28. The number of nitrogens with one attached hydrogen (secondary N) is 1. The van der Waals surface area contributed by atoms with Crippen molar-refractivity contribution in [3.63, 3.8) is 0 Å². The van der Waals surface area contributed by atoms with E-state index in [2.05, 4.69) is 4.98 Å². The van der Waals surface area contributed by atoms with Gasteiger partial charge in [0.2, 0.25) is 5.91 Å². The summed E-state index contributed by atoms with van der Waals surface area (Å²) in [5.74, 6) is -0.714. The summed E-state index contributed by atoms with van der Waals surface area (Å²) in [6.07, 6.45) is -1.54. The molecule has 0 aliphatic heterocycles. The number of hydrogen-bond acceptors (Lipinski definition) is 3. The zero-order valence-corrected chi connectivity index (χ0v) is 23.3. The fourth-order valence-electron chi connectivity index (χ4n) is 4.63. The van der Waals surface area contributed by atoms with Crippen molar-refractivity contribution in [1.29, 1.82) is 0 Å². The molecule has 0 aliphatic rings. The molecule has 3 aromatic carbocycles. The van der Waals surface area contributed by atoms with E-state index in [1.807, 2.05) is 30.5 Å². The number of carbonyl (C=O) groups excluding carboxylic acids is 2. The van der Waals surface area contributed by atoms with Crippen molar-refractivity contribution in [2.75, 3.05) is 33.4 Å². The van der Waals surface area contributed by atoms with Crippen LogP contribution in [-0.4, -0.2) is 59.9 Å². The van der Waals surface area contributed by atoms with E-state index in [4.69, 9.17) is 16.3 Å². The van der Waals surface area contributed by atoms with Crippen LogP contribution in [0, 0.1) is 0 Å². The Morgan fingerprint density at radius 3 is 2.34 bits per heavy atom. The van der Waals surface area contributed by atoms with Crippen molar-refractivity contribution in [2.45, 2.75) is 25.6 Å². The molecule has 0 aliphatic carbocycles. The van der Waals surface area contributed by atoms with Gasteiger partial charge in [0.05, 0.1) is 16.1 Å².